The molecular weight excluding hydrogens is 268 g/mol. The molecule has 0 aliphatic carbocycles. The molecule has 2 aliphatic heterocycles. The average Bonchev–Trinajstić information content (AvgIpc) is 2.73. The number of nitrogens with zero attached hydrogens (tertiary/aromatic N) is 3. The lowest BCUT2D eigenvalue weighted by Crippen LogP contribution is -2.49. The van der Waals surface area contributed by atoms with Crippen molar-refractivity contribution < 1.29 is 9.59 Å². The van der Waals surface area contributed by atoms with Gasteiger partial charge in [-0.15, -0.1) is 0 Å². The second-order valence-corrected chi connectivity index (χ2v) is 6.25. The smallest absolute Gasteiger partial charge is 0.239 e. The number of piperidine rings is 1. The Balaban J connectivity index is 1.82. The number of nitrogens with one attached hydrogen (secondary N) is 1. The second-order valence-electron chi connectivity index (χ2n) is 6.25. The Hall–Kier alpha value is -1.14. The van der Waals surface area contributed by atoms with E-state index in [1.807, 2.05) is 4.90 Å². The standard InChI is InChI=1S/C15H28N4O2/c1-17(2)14(20)12-18-8-5-9-19(11-10-18)15(21)13-6-3-4-7-16-13/h13,16H,3-12H2,1-2H3. The van der Waals surface area contributed by atoms with Crippen LogP contribution in [0.2, 0.25) is 0 Å². The van der Waals surface area contributed by atoms with Crippen LogP contribution in [0.15, 0.2) is 0 Å². The van der Waals surface area contributed by atoms with Crippen LogP contribution in [0.1, 0.15) is 25.7 Å². The van der Waals surface area contributed by atoms with E-state index in [4.69, 9.17) is 0 Å². The largest absolute Gasteiger partial charge is 0.348 e. The molecule has 0 aromatic heterocycles. The number of rotatable bonds is 3. The zero-order valence-corrected chi connectivity index (χ0v) is 13.3. The molecule has 2 rings (SSSR count). The minimum absolute atomic E-state index is 0.00806. The van der Waals surface area contributed by atoms with Crippen LogP contribution >= 0.6 is 0 Å². The Morgan fingerprint density at radius 1 is 1.10 bits per heavy atom. The summed E-state index contributed by atoms with van der Waals surface area (Å²) in [6, 6.07) is 0.00806. The highest BCUT2D eigenvalue weighted by atomic mass is 16.2. The van der Waals surface area contributed by atoms with E-state index in [1.165, 1.54) is 6.42 Å². The SMILES string of the molecule is CN(C)C(=O)CN1CCCN(C(=O)C2CCCCN2)CC1. The van der Waals surface area contributed by atoms with E-state index in [0.717, 1.165) is 52.0 Å². The third kappa shape index (κ3) is 4.68. The molecule has 1 unspecified atom stereocenters. The van der Waals surface area contributed by atoms with Crippen LogP contribution in [-0.2, 0) is 9.59 Å². The van der Waals surface area contributed by atoms with Crippen molar-refractivity contribution in [3.63, 3.8) is 0 Å². The summed E-state index contributed by atoms with van der Waals surface area (Å²) in [6.45, 7) is 4.63. The molecule has 2 saturated heterocycles. The molecule has 0 aromatic rings. The number of likely N-dealkylation sites (N-methyl/N-ethyl adjacent to an activating group) is 1. The van der Waals surface area contributed by atoms with Gasteiger partial charge in [0, 0.05) is 40.3 Å². The molecule has 6 nitrogen and oxygen atoms in total. The van der Waals surface area contributed by atoms with Crippen LogP contribution in [0.5, 0.6) is 0 Å². The van der Waals surface area contributed by atoms with Gasteiger partial charge in [-0.2, -0.15) is 0 Å². The van der Waals surface area contributed by atoms with Crippen molar-refractivity contribution in [1.82, 2.24) is 20.0 Å². The summed E-state index contributed by atoms with van der Waals surface area (Å²) in [4.78, 5) is 30.0. The van der Waals surface area contributed by atoms with Crippen LogP contribution in [0.3, 0.4) is 0 Å². The first-order chi connectivity index (χ1) is 10.1. The van der Waals surface area contributed by atoms with Crippen LogP contribution in [0, 0.1) is 0 Å². The molecule has 0 bridgehead atoms. The lowest BCUT2D eigenvalue weighted by Gasteiger charge is -2.29. The molecule has 0 saturated carbocycles. The van der Waals surface area contributed by atoms with Gasteiger partial charge in [0.05, 0.1) is 12.6 Å². The van der Waals surface area contributed by atoms with Crippen LogP contribution in [-0.4, -0.2) is 85.9 Å². The molecule has 1 atom stereocenters. The van der Waals surface area contributed by atoms with Crippen molar-refractivity contribution in [3.8, 4) is 0 Å². The number of amides is 2. The van der Waals surface area contributed by atoms with Crippen LogP contribution in [0.25, 0.3) is 0 Å². The highest BCUT2D eigenvalue weighted by molar-refractivity contribution is 5.82. The lowest BCUT2D eigenvalue weighted by molar-refractivity contribution is -0.133. The Morgan fingerprint density at radius 2 is 1.90 bits per heavy atom. The fourth-order valence-electron chi connectivity index (χ4n) is 2.97. The van der Waals surface area contributed by atoms with Crippen molar-refractivity contribution >= 4 is 11.8 Å². The molecule has 0 spiro atoms. The number of hydrogen-bond acceptors (Lipinski definition) is 4. The summed E-state index contributed by atoms with van der Waals surface area (Å²) >= 11 is 0. The van der Waals surface area contributed by atoms with Gasteiger partial charge < -0.3 is 15.1 Å². The summed E-state index contributed by atoms with van der Waals surface area (Å²) in [5, 5.41) is 3.33. The molecule has 0 aromatic carbocycles. The summed E-state index contributed by atoms with van der Waals surface area (Å²) in [5.41, 5.74) is 0. The first-order valence-electron chi connectivity index (χ1n) is 8.02. The highest BCUT2D eigenvalue weighted by Crippen LogP contribution is 2.12. The van der Waals surface area contributed by atoms with Crippen LogP contribution in [0.4, 0.5) is 0 Å². The summed E-state index contributed by atoms with van der Waals surface area (Å²) in [5.74, 6) is 0.374. The van der Waals surface area contributed by atoms with Crippen molar-refractivity contribution in [1.29, 1.82) is 0 Å². The van der Waals surface area contributed by atoms with E-state index in [1.54, 1.807) is 19.0 Å². The topological polar surface area (TPSA) is 55.9 Å². The Morgan fingerprint density at radius 3 is 2.57 bits per heavy atom. The monoisotopic (exact) mass is 296 g/mol. The fraction of sp³-hybridized carbons (Fsp3) is 0.867. The highest BCUT2D eigenvalue weighted by Gasteiger charge is 2.27. The maximum absolute atomic E-state index is 12.5. The molecule has 2 heterocycles. The number of hydrogen-bond donors (Lipinski definition) is 1. The van der Waals surface area contributed by atoms with E-state index >= 15 is 0 Å². The minimum atomic E-state index is 0.00806. The summed E-state index contributed by atoms with van der Waals surface area (Å²) in [7, 11) is 3.56. The van der Waals surface area contributed by atoms with E-state index in [2.05, 4.69) is 10.2 Å². The molecule has 2 amide bonds. The Kier molecular flexibility index (Phi) is 5.99. The van der Waals surface area contributed by atoms with Gasteiger partial charge in [0.25, 0.3) is 0 Å². The molecule has 2 fully saturated rings. The normalized spacial score (nSPS) is 24.5. The first kappa shape index (κ1) is 16.2. The minimum Gasteiger partial charge on any atom is -0.348 e. The fourth-order valence-corrected chi connectivity index (χ4v) is 2.97. The second kappa shape index (κ2) is 7.75. The molecule has 2 aliphatic rings. The average molecular weight is 296 g/mol. The van der Waals surface area contributed by atoms with E-state index in [9.17, 15) is 9.59 Å². The molecule has 120 valence electrons. The zero-order chi connectivity index (χ0) is 15.2. The van der Waals surface area contributed by atoms with Gasteiger partial charge in [-0.05, 0) is 25.8 Å². The van der Waals surface area contributed by atoms with Gasteiger partial charge in [-0.25, -0.2) is 0 Å². The predicted octanol–water partition coefficient (Wildman–Crippen LogP) is -0.249. The van der Waals surface area contributed by atoms with Gasteiger partial charge in [0.1, 0.15) is 0 Å². The third-order valence-electron chi connectivity index (χ3n) is 4.37. The summed E-state index contributed by atoms with van der Waals surface area (Å²) < 4.78 is 0. The van der Waals surface area contributed by atoms with Gasteiger partial charge in [0.2, 0.25) is 11.8 Å². The Labute approximate surface area is 127 Å². The predicted molar refractivity (Wildman–Crippen MR) is 82.0 cm³/mol. The Bertz CT molecular complexity index is 367. The van der Waals surface area contributed by atoms with Crippen molar-refractivity contribution in [3.05, 3.63) is 0 Å². The van der Waals surface area contributed by atoms with Crippen molar-refractivity contribution in [2.45, 2.75) is 31.7 Å². The summed E-state index contributed by atoms with van der Waals surface area (Å²) in [6.07, 6.45) is 4.21. The molecule has 21 heavy (non-hydrogen) atoms. The first-order valence-corrected chi connectivity index (χ1v) is 8.02. The van der Waals surface area contributed by atoms with Crippen molar-refractivity contribution in [2.75, 3.05) is 53.4 Å². The van der Waals surface area contributed by atoms with Gasteiger partial charge >= 0.3 is 0 Å². The van der Waals surface area contributed by atoms with Gasteiger partial charge in [-0.3, -0.25) is 14.5 Å². The third-order valence-corrected chi connectivity index (χ3v) is 4.37. The van der Waals surface area contributed by atoms with Crippen molar-refractivity contribution in [2.24, 2.45) is 0 Å². The molecule has 1 N–H and O–H groups in total. The maximum atomic E-state index is 12.5. The molecule has 0 radical (unpaired) electrons. The van der Waals surface area contributed by atoms with E-state index in [-0.39, 0.29) is 17.9 Å². The lowest BCUT2D eigenvalue weighted by atomic mass is 10.0. The number of carbonyl (C=O) groups is 2. The van der Waals surface area contributed by atoms with E-state index in [0.29, 0.717) is 6.54 Å². The number of carbonyl (C=O) groups excluding carboxylic acids is 2. The molecule has 6 heteroatoms. The van der Waals surface area contributed by atoms with E-state index < -0.39 is 0 Å². The molecular formula is C15H28N4O2. The maximum Gasteiger partial charge on any atom is 0.239 e. The van der Waals surface area contributed by atoms with Crippen LogP contribution < -0.4 is 5.32 Å². The zero-order valence-electron chi connectivity index (χ0n) is 13.3. The van der Waals surface area contributed by atoms with Gasteiger partial charge in [-0.1, -0.05) is 6.42 Å². The quantitative estimate of drug-likeness (QED) is 0.780. The van der Waals surface area contributed by atoms with Gasteiger partial charge in [0.15, 0.2) is 0 Å².